The molecule has 0 spiro atoms. The zero-order valence-electron chi connectivity index (χ0n) is 8.86. The maximum absolute atomic E-state index is 3.32. The summed E-state index contributed by atoms with van der Waals surface area (Å²) in [7, 11) is 2.04. The number of hydrogen-bond donors (Lipinski definition) is 1. The highest BCUT2D eigenvalue weighted by Gasteiger charge is 2.26. The summed E-state index contributed by atoms with van der Waals surface area (Å²) in [6, 6.07) is 0.625. The minimum atomic E-state index is 0.428. The Kier molecular flexibility index (Phi) is 4.09. The zero-order chi connectivity index (χ0) is 9.07. The first-order chi connectivity index (χ1) is 4.93. The Morgan fingerprint density at radius 2 is 1.73 bits per heavy atom. The first kappa shape index (κ1) is 11.0. The lowest BCUT2D eigenvalue weighted by molar-refractivity contribution is 0.186. The Hall–Kier alpha value is -0.0400. The van der Waals surface area contributed by atoms with Crippen LogP contribution in [0.2, 0.25) is 0 Å². The molecule has 1 nitrogen and oxygen atoms in total. The smallest absolute Gasteiger partial charge is 0.00688 e. The van der Waals surface area contributed by atoms with Crippen LogP contribution >= 0.6 is 0 Å². The fourth-order valence-electron chi connectivity index (χ4n) is 1.92. The molecule has 1 N–H and O–H groups in total. The highest BCUT2D eigenvalue weighted by molar-refractivity contribution is 4.80. The van der Waals surface area contributed by atoms with Gasteiger partial charge in [-0.1, -0.05) is 34.1 Å². The van der Waals surface area contributed by atoms with Crippen molar-refractivity contribution in [3.8, 4) is 0 Å². The summed E-state index contributed by atoms with van der Waals surface area (Å²) in [6.45, 7) is 11.5. The van der Waals surface area contributed by atoms with Gasteiger partial charge in [-0.3, -0.25) is 0 Å². The van der Waals surface area contributed by atoms with Crippen molar-refractivity contribution in [2.75, 3.05) is 7.05 Å². The average Bonchev–Trinajstić information content (AvgIpc) is 1.86. The van der Waals surface area contributed by atoms with Gasteiger partial charge >= 0.3 is 0 Å². The van der Waals surface area contributed by atoms with Gasteiger partial charge in [-0.2, -0.15) is 0 Å². The average molecular weight is 157 g/mol. The van der Waals surface area contributed by atoms with Crippen LogP contribution in [0.15, 0.2) is 0 Å². The molecule has 0 bridgehead atoms. The zero-order valence-corrected chi connectivity index (χ0v) is 8.86. The monoisotopic (exact) mass is 157 g/mol. The molecule has 0 saturated heterocycles. The third kappa shape index (κ3) is 3.24. The lowest BCUT2D eigenvalue weighted by Gasteiger charge is -2.34. The Morgan fingerprint density at radius 3 is 1.82 bits per heavy atom. The fraction of sp³-hybridized carbons (Fsp3) is 1.00. The Labute approximate surface area is 71.6 Å². The van der Waals surface area contributed by atoms with Crippen molar-refractivity contribution in [2.24, 2.45) is 11.3 Å². The largest absolute Gasteiger partial charge is 0.317 e. The van der Waals surface area contributed by atoms with Gasteiger partial charge in [-0.25, -0.2) is 0 Å². The molecule has 68 valence electrons. The van der Waals surface area contributed by atoms with E-state index in [-0.39, 0.29) is 0 Å². The van der Waals surface area contributed by atoms with E-state index in [2.05, 4.69) is 39.9 Å². The normalized spacial score (nSPS) is 18.0. The molecule has 0 aliphatic rings. The van der Waals surface area contributed by atoms with Gasteiger partial charge in [0.05, 0.1) is 0 Å². The van der Waals surface area contributed by atoms with E-state index in [0.29, 0.717) is 11.5 Å². The molecule has 0 aromatic rings. The van der Waals surface area contributed by atoms with Crippen molar-refractivity contribution < 1.29 is 0 Å². The summed E-state index contributed by atoms with van der Waals surface area (Å²) in [5.41, 5.74) is 0.428. The summed E-state index contributed by atoms with van der Waals surface area (Å²) in [4.78, 5) is 0. The van der Waals surface area contributed by atoms with Crippen LogP contribution in [-0.4, -0.2) is 13.1 Å². The summed E-state index contributed by atoms with van der Waals surface area (Å²) < 4.78 is 0. The summed E-state index contributed by atoms with van der Waals surface area (Å²) in [5.74, 6) is 0.771. The SMILES string of the molecule is CCC(C(C)NC)C(C)(C)C. The van der Waals surface area contributed by atoms with Gasteiger partial charge in [-0.15, -0.1) is 0 Å². The van der Waals surface area contributed by atoms with E-state index < -0.39 is 0 Å². The van der Waals surface area contributed by atoms with E-state index in [1.54, 1.807) is 0 Å². The van der Waals surface area contributed by atoms with E-state index in [4.69, 9.17) is 0 Å². The molecule has 0 aliphatic heterocycles. The molecule has 0 aromatic heterocycles. The summed E-state index contributed by atoms with van der Waals surface area (Å²) >= 11 is 0. The predicted octanol–water partition coefficient (Wildman–Crippen LogP) is 2.67. The van der Waals surface area contributed by atoms with Crippen LogP contribution in [0, 0.1) is 11.3 Å². The molecule has 0 heterocycles. The minimum Gasteiger partial charge on any atom is -0.317 e. The standard InChI is InChI=1S/C10H23N/c1-7-9(8(2)11-6)10(3,4)5/h8-9,11H,7H2,1-6H3. The highest BCUT2D eigenvalue weighted by Crippen LogP contribution is 2.30. The minimum absolute atomic E-state index is 0.428. The predicted molar refractivity (Wildman–Crippen MR) is 51.8 cm³/mol. The van der Waals surface area contributed by atoms with Crippen molar-refractivity contribution in [1.29, 1.82) is 0 Å². The van der Waals surface area contributed by atoms with E-state index in [1.165, 1.54) is 6.42 Å². The molecule has 0 aromatic carbocycles. The lowest BCUT2D eigenvalue weighted by Crippen LogP contribution is -2.37. The van der Waals surface area contributed by atoms with Crippen molar-refractivity contribution in [2.45, 2.75) is 47.1 Å². The van der Waals surface area contributed by atoms with Gasteiger partial charge in [0.15, 0.2) is 0 Å². The second-order valence-electron chi connectivity index (χ2n) is 4.46. The maximum atomic E-state index is 3.32. The van der Waals surface area contributed by atoms with Crippen molar-refractivity contribution in [1.82, 2.24) is 5.32 Å². The Morgan fingerprint density at radius 1 is 1.27 bits per heavy atom. The number of rotatable bonds is 3. The van der Waals surface area contributed by atoms with E-state index >= 15 is 0 Å². The Balaban J connectivity index is 4.16. The second kappa shape index (κ2) is 4.10. The fourth-order valence-corrected chi connectivity index (χ4v) is 1.92. The van der Waals surface area contributed by atoms with E-state index in [0.717, 1.165) is 5.92 Å². The third-order valence-corrected chi connectivity index (χ3v) is 2.61. The van der Waals surface area contributed by atoms with Crippen LogP contribution in [0.25, 0.3) is 0 Å². The van der Waals surface area contributed by atoms with Crippen LogP contribution < -0.4 is 5.32 Å². The van der Waals surface area contributed by atoms with Gasteiger partial charge in [-0.05, 0) is 25.3 Å². The number of nitrogens with one attached hydrogen (secondary N) is 1. The molecule has 1 heteroatoms. The van der Waals surface area contributed by atoms with Gasteiger partial charge in [0.1, 0.15) is 0 Å². The molecule has 0 amide bonds. The van der Waals surface area contributed by atoms with Gasteiger partial charge < -0.3 is 5.32 Å². The van der Waals surface area contributed by atoms with Gasteiger partial charge in [0.2, 0.25) is 0 Å². The van der Waals surface area contributed by atoms with Crippen LogP contribution in [-0.2, 0) is 0 Å². The molecule has 0 rings (SSSR count). The molecule has 2 atom stereocenters. The van der Waals surface area contributed by atoms with Crippen LogP contribution in [0.4, 0.5) is 0 Å². The maximum Gasteiger partial charge on any atom is 0.00688 e. The van der Waals surface area contributed by atoms with Crippen LogP contribution in [0.3, 0.4) is 0 Å². The molecular weight excluding hydrogens is 134 g/mol. The molecule has 0 radical (unpaired) electrons. The first-order valence-corrected chi connectivity index (χ1v) is 4.60. The first-order valence-electron chi connectivity index (χ1n) is 4.60. The van der Waals surface area contributed by atoms with E-state index in [1.807, 2.05) is 7.05 Å². The second-order valence-corrected chi connectivity index (χ2v) is 4.46. The molecular formula is C10H23N. The van der Waals surface area contributed by atoms with Crippen molar-refractivity contribution >= 4 is 0 Å². The lowest BCUT2D eigenvalue weighted by atomic mass is 9.75. The third-order valence-electron chi connectivity index (χ3n) is 2.61. The number of hydrogen-bond acceptors (Lipinski definition) is 1. The van der Waals surface area contributed by atoms with E-state index in [9.17, 15) is 0 Å². The van der Waals surface area contributed by atoms with Crippen molar-refractivity contribution in [3.63, 3.8) is 0 Å². The molecule has 0 saturated carbocycles. The highest BCUT2D eigenvalue weighted by atomic mass is 14.9. The Bertz CT molecular complexity index is 102. The molecule has 0 aliphatic carbocycles. The van der Waals surface area contributed by atoms with Crippen LogP contribution in [0.5, 0.6) is 0 Å². The summed E-state index contributed by atoms with van der Waals surface area (Å²) in [5, 5.41) is 3.32. The topological polar surface area (TPSA) is 12.0 Å². The molecule has 11 heavy (non-hydrogen) atoms. The van der Waals surface area contributed by atoms with Gasteiger partial charge in [0, 0.05) is 6.04 Å². The summed E-state index contributed by atoms with van der Waals surface area (Å²) in [6.07, 6.45) is 1.26. The quantitative estimate of drug-likeness (QED) is 0.664. The van der Waals surface area contributed by atoms with Crippen LogP contribution in [0.1, 0.15) is 41.0 Å². The van der Waals surface area contributed by atoms with Crippen molar-refractivity contribution in [3.05, 3.63) is 0 Å². The van der Waals surface area contributed by atoms with Gasteiger partial charge in [0.25, 0.3) is 0 Å². The molecule has 0 fully saturated rings. The molecule has 2 unspecified atom stereocenters.